The summed E-state index contributed by atoms with van der Waals surface area (Å²) < 4.78 is 1.30. The fourth-order valence-corrected chi connectivity index (χ4v) is 3.08. The van der Waals surface area contributed by atoms with Crippen LogP contribution in [0.3, 0.4) is 0 Å². The number of nitro benzene ring substituents is 2. The Morgan fingerprint density at radius 3 is 2.39 bits per heavy atom. The Morgan fingerprint density at radius 1 is 1.19 bits per heavy atom. The van der Waals surface area contributed by atoms with Crippen LogP contribution in [0.1, 0.15) is 32.9 Å². The van der Waals surface area contributed by atoms with Crippen molar-refractivity contribution in [3.8, 4) is 5.69 Å². The van der Waals surface area contributed by atoms with Gasteiger partial charge in [-0.1, -0.05) is 13.8 Å². The minimum atomic E-state index is -1.16. The molecule has 0 aliphatic heterocycles. The Labute approximate surface area is 177 Å². The number of hydrogen-bond acceptors (Lipinski definition) is 8. The van der Waals surface area contributed by atoms with E-state index < -0.39 is 39.3 Å². The van der Waals surface area contributed by atoms with Gasteiger partial charge in [0, 0.05) is 18.7 Å². The smallest absolute Gasteiger partial charge is 0.321 e. The van der Waals surface area contributed by atoms with Gasteiger partial charge in [-0.05, 0) is 25.3 Å². The fourth-order valence-electron chi connectivity index (χ4n) is 3.08. The molecular formula is C19H23N5O7. The van der Waals surface area contributed by atoms with Crippen molar-refractivity contribution in [3.63, 3.8) is 0 Å². The van der Waals surface area contributed by atoms with Crippen molar-refractivity contribution in [2.75, 3.05) is 0 Å². The number of carbonyl (C=O) groups excluding carboxylic acids is 1. The van der Waals surface area contributed by atoms with Gasteiger partial charge in [0.2, 0.25) is 0 Å². The first-order valence-corrected chi connectivity index (χ1v) is 9.45. The van der Waals surface area contributed by atoms with Crippen LogP contribution in [-0.2, 0) is 16.0 Å². The Hall–Kier alpha value is -3.67. The second-order valence-electron chi connectivity index (χ2n) is 7.51. The van der Waals surface area contributed by atoms with Gasteiger partial charge in [-0.25, -0.2) is 4.98 Å². The molecule has 1 aromatic carbocycles. The van der Waals surface area contributed by atoms with Gasteiger partial charge in [0.15, 0.2) is 0 Å². The summed E-state index contributed by atoms with van der Waals surface area (Å²) in [6, 6.07) is 1.48. The summed E-state index contributed by atoms with van der Waals surface area (Å²) in [5.74, 6) is -1.16. The van der Waals surface area contributed by atoms with E-state index in [0.717, 1.165) is 12.1 Å². The quantitative estimate of drug-likeness (QED) is 0.398. The van der Waals surface area contributed by atoms with Gasteiger partial charge < -0.3 is 5.11 Å². The van der Waals surface area contributed by atoms with Gasteiger partial charge in [0.05, 0.1) is 34.0 Å². The molecule has 0 amide bonds. The molecule has 0 saturated heterocycles. The Bertz CT molecular complexity index is 1000. The van der Waals surface area contributed by atoms with Gasteiger partial charge in [-0.3, -0.25) is 39.7 Å². The van der Waals surface area contributed by atoms with Crippen LogP contribution >= 0.6 is 0 Å². The Balaban J connectivity index is 2.28. The van der Waals surface area contributed by atoms with Crippen molar-refractivity contribution < 1.29 is 24.5 Å². The number of non-ortho nitro benzene ring substituents is 1. The number of carboxylic acids is 1. The van der Waals surface area contributed by atoms with E-state index in [0.29, 0.717) is 12.1 Å². The number of ketones is 1. The lowest BCUT2D eigenvalue weighted by Crippen LogP contribution is -2.48. The molecule has 0 aliphatic rings. The van der Waals surface area contributed by atoms with Crippen LogP contribution in [0.2, 0.25) is 0 Å². The number of carboxylic acid groups (broad SMARTS) is 1. The average molecular weight is 433 g/mol. The lowest BCUT2D eigenvalue weighted by molar-refractivity contribution is -0.394. The highest BCUT2D eigenvalue weighted by atomic mass is 16.6. The number of benzene rings is 1. The monoisotopic (exact) mass is 433 g/mol. The second kappa shape index (κ2) is 9.89. The lowest BCUT2D eigenvalue weighted by atomic mass is 9.99. The first-order chi connectivity index (χ1) is 14.5. The van der Waals surface area contributed by atoms with E-state index >= 15 is 0 Å². The van der Waals surface area contributed by atoms with Crippen molar-refractivity contribution in [2.45, 2.75) is 45.7 Å². The number of aromatic nitrogens is 2. The summed E-state index contributed by atoms with van der Waals surface area (Å²) >= 11 is 0. The summed E-state index contributed by atoms with van der Waals surface area (Å²) in [6.07, 6.45) is 3.09. The third kappa shape index (κ3) is 6.15. The number of imidazole rings is 1. The molecule has 0 aliphatic carbocycles. The van der Waals surface area contributed by atoms with Crippen LogP contribution in [0.5, 0.6) is 0 Å². The minimum absolute atomic E-state index is 0.0515. The number of hydrogen-bond donors (Lipinski definition) is 2. The predicted octanol–water partition coefficient (Wildman–Crippen LogP) is 2.28. The zero-order chi connectivity index (χ0) is 23.3. The summed E-state index contributed by atoms with van der Waals surface area (Å²) in [7, 11) is 0. The third-order valence-corrected chi connectivity index (χ3v) is 4.59. The number of nitro groups is 2. The molecule has 1 aromatic heterocycles. The molecule has 166 valence electrons. The second-order valence-corrected chi connectivity index (χ2v) is 7.51. The number of carbonyl (C=O) groups is 2. The molecule has 12 nitrogen and oxygen atoms in total. The SMILES string of the molecule is CC(=O)C(CC(C)C)N[C@@H](Cc1cn(-c2ccc([N+](=O)[O-])cc2[N+](=O)[O-])cn1)C(=O)O. The summed E-state index contributed by atoms with van der Waals surface area (Å²) in [5, 5.41) is 34.7. The van der Waals surface area contributed by atoms with Crippen molar-refractivity contribution in [3.05, 3.63) is 56.6 Å². The van der Waals surface area contributed by atoms with E-state index in [9.17, 15) is 34.9 Å². The highest BCUT2D eigenvalue weighted by molar-refractivity contribution is 5.83. The number of nitrogens with one attached hydrogen (secondary N) is 1. The third-order valence-electron chi connectivity index (χ3n) is 4.59. The fraction of sp³-hybridized carbons (Fsp3) is 0.421. The molecule has 0 fully saturated rings. The van der Waals surface area contributed by atoms with Crippen molar-refractivity contribution in [2.24, 2.45) is 5.92 Å². The maximum absolute atomic E-state index is 11.9. The number of Topliss-reactive ketones (excluding diaryl/α,β-unsaturated/α-hetero) is 1. The normalized spacial score (nSPS) is 13.0. The van der Waals surface area contributed by atoms with E-state index in [1.807, 2.05) is 13.8 Å². The molecule has 2 aromatic rings. The maximum Gasteiger partial charge on any atom is 0.321 e. The summed E-state index contributed by atoms with van der Waals surface area (Å²) in [5.41, 5.74) is -0.541. The van der Waals surface area contributed by atoms with Crippen molar-refractivity contribution in [1.29, 1.82) is 0 Å². The number of rotatable bonds is 11. The average Bonchev–Trinajstić information content (AvgIpc) is 3.14. The Morgan fingerprint density at radius 2 is 1.87 bits per heavy atom. The van der Waals surface area contributed by atoms with Crippen LogP contribution in [0.25, 0.3) is 5.69 Å². The molecule has 1 heterocycles. The topological polar surface area (TPSA) is 170 Å². The van der Waals surface area contributed by atoms with Crippen molar-refractivity contribution >= 4 is 23.1 Å². The van der Waals surface area contributed by atoms with Crippen LogP contribution in [0.15, 0.2) is 30.7 Å². The van der Waals surface area contributed by atoms with Gasteiger partial charge in [0.25, 0.3) is 11.4 Å². The van der Waals surface area contributed by atoms with E-state index in [1.54, 1.807) is 0 Å². The molecule has 2 rings (SSSR count). The summed E-state index contributed by atoms with van der Waals surface area (Å²) in [4.78, 5) is 48.4. The van der Waals surface area contributed by atoms with Crippen LogP contribution in [0, 0.1) is 26.1 Å². The zero-order valence-corrected chi connectivity index (χ0v) is 17.2. The molecule has 0 spiro atoms. The molecule has 12 heteroatoms. The molecule has 2 atom stereocenters. The maximum atomic E-state index is 11.9. The highest BCUT2D eigenvalue weighted by Crippen LogP contribution is 2.28. The van der Waals surface area contributed by atoms with Crippen LogP contribution in [-0.4, -0.2) is 48.3 Å². The minimum Gasteiger partial charge on any atom is -0.480 e. The van der Waals surface area contributed by atoms with Gasteiger partial charge in [-0.2, -0.15) is 0 Å². The lowest BCUT2D eigenvalue weighted by Gasteiger charge is -2.22. The van der Waals surface area contributed by atoms with Gasteiger partial charge in [0.1, 0.15) is 17.5 Å². The molecule has 0 saturated carbocycles. The molecule has 2 N–H and O–H groups in total. The van der Waals surface area contributed by atoms with E-state index in [1.165, 1.54) is 30.1 Å². The molecule has 31 heavy (non-hydrogen) atoms. The van der Waals surface area contributed by atoms with E-state index in [2.05, 4.69) is 10.3 Å². The van der Waals surface area contributed by atoms with Gasteiger partial charge >= 0.3 is 5.97 Å². The first-order valence-electron chi connectivity index (χ1n) is 9.45. The van der Waals surface area contributed by atoms with Crippen LogP contribution < -0.4 is 5.32 Å². The highest BCUT2D eigenvalue weighted by Gasteiger charge is 2.26. The predicted molar refractivity (Wildman–Crippen MR) is 109 cm³/mol. The van der Waals surface area contributed by atoms with E-state index in [-0.39, 0.29) is 23.8 Å². The zero-order valence-electron chi connectivity index (χ0n) is 17.2. The number of nitrogens with zero attached hydrogens (tertiary/aromatic N) is 4. The Kier molecular flexibility index (Phi) is 7.53. The summed E-state index contributed by atoms with van der Waals surface area (Å²) in [6.45, 7) is 5.24. The van der Waals surface area contributed by atoms with Gasteiger partial charge in [-0.15, -0.1) is 0 Å². The first kappa shape index (κ1) is 23.6. The molecule has 0 bridgehead atoms. The van der Waals surface area contributed by atoms with E-state index in [4.69, 9.17) is 0 Å². The van der Waals surface area contributed by atoms with Crippen molar-refractivity contribution in [1.82, 2.24) is 14.9 Å². The molecule has 1 unspecified atom stereocenters. The standard InChI is InChI=1S/C19H23N5O7/c1-11(2)6-15(12(3)25)21-16(19(26)27)7-13-9-22(10-20-13)17-5-4-14(23(28)29)8-18(17)24(30)31/h4-5,8-11,15-16,21H,6-7H2,1-3H3,(H,26,27)/t15?,16-/m0/s1. The molecule has 0 radical (unpaired) electrons. The molecular weight excluding hydrogens is 410 g/mol. The van der Waals surface area contributed by atoms with Crippen LogP contribution in [0.4, 0.5) is 11.4 Å². The largest absolute Gasteiger partial charge is 0.480 e. The number of aliphatic carboxylic acids is 1.